The predicted octanol–water partition coefficient (Wildman–Crippen LogP) is 3.78. The summed E-state index contributed by atoms with van der Waals surface area (Å²) in [5, 5.41) is 3.55. The van der Waals surface area contributed by atoms with Gasteiger partial charge in [0.15, 0.2) is 0 Å². The van der Waals surface area contributed by atoms with Crippen LogP contribution in [0.4, 0.5) is 0 Å². The number of nitrogens with one attached hydrogen (secondary N) is 1. The monoisotopic (exact) mass is 235 g/mol. The standard InChI is InChI=1S/C15H25NO/c1-6-16-14(11-15(2,3)4)12-8-7-9-13(10-12)17-5/h7-10,14,16H,6,11H2,1-5H3. The molecule has 2 heteroatoms. The van der Waals surface area contributed by atoms with Gasteiger partial charge < -0.3 is 10.1 Å². The molecule has 1 aromatic rings. The fourth-order valence-corrected chi connectivity index (χ4v) is 2.02. The molecule has 0 heterocycles. The van der Waals surface area contributed by atoms with Crippen molar-refractivity contribution < 1.29 is 4.74 Å². The highest BCUT2D eigenvalue weighted by molar-refractivity contribution is 5.30. The third-order valence-corrected chi connectivity index (χ3v) is 2.76. The van der Waals surface area contributed by atoms with Crippen LogP contribution in [0.3, 0.4) is 0 Å². The Bertz CT molecular complexity index is 341. The minimum absolute atomic E-state index is 0.315. The van der Waals surface area contributed by atoms with Crippen molar-refractivity contribution in [2.45, 2.75) is 40.2 Å². The Morgan fingerprint density at radius 3 is 2.53 bits per heavy atom. The van der Waals surface area contributed by atoms with Crippen molar-refractivity contribution in [1.29, 1.82) is 0 Å². The summed E-state index contributed by atoms with van der Waals surface area (Å²) in [7, 11) is 1.71. The van der Waals surface area contributed by atoms with Crippen LogP contribution < -0.4 is 10.1 Å². The lowest BCUT2D eigenvalue weighted by atomic mass is 9.85. The minimum atomic E-state index is 0.315. The first kappa shape index (κ1) is 14.0. The maximum Gasteiger partial charge on any atom is 0.119 e. The Morgan fingerprint density at radius 1 is 1.29 bits per heavy atom. The highest BCUT2D eigenvalue weighted by atomic mass is 16.5. The number of hydrogen-bond donors (Lipinski definition) is 1. The molecule has 0 aliphatic rings. The predicted molar refractivity (Wildman–Crippen MR) is 73.5 cm³/mol. The van der Waals surface area contributed by atoms with Gasteiger partial charge in [-0.2, -0.15) is 0 Å². The quantitative estimate of drug-likeness (QED) is 0.838. The fourth-order valence-electron chi connectivity index (χ4n) is 2.02. The Kier molecular flexibility index (Phi) is 5.01. The first-order chi connectivity index (χ1) is 7.96. The Morgan fingerprint density at radius 2 is 2.00 bits per heavy atom. The van der Waals surface area contributed by atoms with Crippen molar-refractivity contribution in [2.75, 3.05) is 13.7 Å². The average Bonchev–Trinajstić information content (AvgIpc) is 2.27. The van der Waals surface area contributed by atoms with Crippen LogP contribution in [0.2, 0.25) is 0 Å². The fraction of sp³-hybridized carbons (Fsp3) is 0.600. The van der Waals surface area contributed by atoms with Gasteiger partial charge in [-0.05, 0) is 36.1 Å². The van der Waals surface area contributed by atoms with Crippen molar-refractivity contribution in [3.8, 4) is 5.75 Å². The number of benzene rings is 1. The van der Waals surface area contributed by atoms with E-state index in [-0.39, 0.29) is 0 Å². The van der Waals surface area contributed by atoms with Gasteiger partial charge in [0, 0.05) is 6.04 Å². The molecule has 0 bridgehead atoms. The molecule has 0 spiro atoms. The molecular formula is C15H25NO. The highest BCUT2D eigenvalue weighted by Gasteiger charge is 2.19. The van der Waals surface area contributed by atoms with Crippen LogP contribution in [0.5, 0.6) is 5.75 Å². The molecule has 0 saturated heterocycles. The molecule has 1 rings (SSSR count). The zero-order valence-corrected chi connectivity index (χ0v) is 11.7. The van der Waals surface area contributed by atoms with E-state index in [9.17, 15) is 0 Å². The number of methoxy groups -OCH3 is 1. The summed E-state index contributed by atoms with van der Waals surface area (Å²) in [4.78, 5) is 0. The smallest absolute Gasteiger partial charge is 0.119 e. The molecule has 0 fully saturated rings. The molecule has 0 aromatic heterocycles. The maximum atomic E-state index is 5.29. The summed E-state index contributed by atoms with van der Waals surface area (Å²) < 4.78 is 5.29. The summed E-state index contributed by atoms with van der Waals surface area (Å²) in [6.07, 6.45) is 1.12. The Hall–Kier alpha value is -1.02. The van der Waals surface area contributed by atoms with Crippen molar-refractivity contribution in [1.82, 2.24) is 5.32 Å². The van der Waals surface area contributed by atoms with Gasteiger partial charge >= 0.3 is 0 Å². The van der Waals surface area contributed by atoms with Gasteiger partial charge in [-0.3, -0.25) is 0 Å². The topological polar surface area (TPSA) is 21.3 Å². The van der Waals surface area contributed by atoms with E-state index in [0.29, 0.717) is 11.5 Å². The normalized spacial score (nSPS) is 13.5. The first-order valence-electron chi connectivity index (χ1n) is 6.33. The Labute approximate surface area is 105 Å². The largest absolute Gasteiger partial charge is 0.497 e. The molecule has 96 valence electrons. The van der Waals surface area contributed by atoms with Crippen molar-refractivity contribution >= 4 is 0 Å². The molecule has 17 heavy (non-hydrogen) atoms. The average molecular weight is 235 g/mol. The minimum Gasteiger partial charge on any atom is -0.497 e. The molecule has 0 radical (unpaired) electrons. The second-order valence-corrected chi connectivity index (χ2v) is 5.65. The van der Waals surface area contributed by atoms with Crippen LogP contribution in [-0.4, -0.2) is 13.7 Å². The van der Waals surface area contributed by atoms with E-state index in [2.05, 4.69) is 51.2 Å². The lowest BCUT2D eigenvalue weighted by Crippen LogP contribution is -2.25. The first-order valence-corrected chi connectivity index (χ1v) is 6.33. The molecule has 0 saturated carbocycles. The van der Waals surface area contributed by atoms with Crippen LogP contribution in [0.1, 0.15) is 45.7 Å². The molecular weight excluding hydrogens is 210 g/mol. The molecule has 0 aliphatic carbocycles. The van der Waals surface area contributed by atoms with Crippen molar-refractivity contribution in [3.63, 3.8) is 0 Å². The van der Waals surface area contributed by atoms with E-state index >= 15 is 0 Å². The number of hydrogen-bond acceptors (Lipinski definition) is 2. The lowest BCUT2D eigenvalue weighted by Gasteiger charge is -2.27. The molecule has 2 nitrogen and oxygen atoms in total. The molecule has 1 aromatic carbocycles. The van der Waals surface area contributed by atoms with Gasteiger partial charge in [-0.15, -0.1) is 0 Å². The SMILES string of the molecule is CCNC(CC(C)(C)C)c1cccc(OC)c1. The van der Waals surface area contributed by atoms with Crippen LogP contribution in [0.25, 0.3) is 0 Å². The lowest BCUT2D eigenvalue weighted by molar-refractivity contribution is 0.313. The zero-order chi connectivity index (χ0) is 12.9. The summed E-state index contributed by atoms with van der Waals surface area (Å²) in [6, 6.07) is 8.74. The summed E-state index contributed by atoms with van der Waals surface area (Å²) >= 11 is 0. The highest BCUT2D eigenvalue weighted by Crippen LogP contribution is 2.30. The van der Waals surface area contributed by atoms with E-state index in [0.717, 1.165) is 18.7 Å². The van der Waals surface area contributed by atoms with Crippen LogP contribution in [0.15, 0.2) is 24.3 Å². The second kappa shape index (κ2) is 6.06. The van der Waals surface area contributed by atoms with E-state index in [1.807, 2.05) is 6.07 Å². The zero-order valence-electron chi connectivity index (χ0n) is 11.7. The van der Waals surface area contributed by atoms with Gasteiger partial charge in [0.1, 0.15) is 5.75 Å². The third kappa shape index (κ3) is 4.78. The number of ether oxygens (including phenoxy) is 1. The molecule has 1 atom stereocenters. The molecule has 1 N–H and O–H groups in total. The third-order valence-electron chi connectivity index (χ3n) is 2.76. The van der Waals surface area contributed by atoms with Crippen LogP contribution in [0, 0.1) is 5.41 Å². The van der Waals surface area contributed by atoms with Gasteiger partial charge in [-0.25, -0.2) is 0 Å². The van der Waals surface area contributed by atoms with Gasteiger partial charge in [-0.1, -0.05) is 39.8 Å². The molecule has 0 amide bonds. The molecule has 1 unspecified atom stereocenters. The summed E-state index contributed by atoms with van der Waals surface area (Å²) in [5.74, 6) is 0.930. The Balaban J connectivity index is 2.88. The van der Waals surface area contributed by atoms with Crippen LogP contribution in [-0.2, 0) is 0 Å². The van der Waals surface area contributed by atoms with Crippen LogP contribution >= 0.6 is 0 Å². The summed E-state index contributed by atoms with van der Waals surface area (Å²) in [6.45, 7) is 9.96. The van der Waals surface area contributed by atoms with Gasteiger partial charge in [0.25, 0.3) is 0 Å². The van der Waals surface area contributed by atoms with Crippen molar-refractivity contribution in [3.05, 3.63) is 29.8 Å². The van der Waals surface area contributed by atoms with E-state index in [1.54, 1.807) is 7.11 Å². The van der Waals surface area contributed by atoms with Gasteiger partial charge in [0.05, 0.1) is 7.11 Å². The van der Waals surface area contributed by atoms with E-state index in [4.69, 9.17) is 4.74 Å². The van der Waals surface area contributed by atoms with Crippen molar-refractivity contribution in [2.24, 2.45) is 5.41 Å². The number of rotatable bonds is 5. The molecule has 0 aliphatic heterocycles. The van der Waals surface area contributed by atoms with E-state index in [1.165, 1.54) is 5.56 Å². The summed E-state index contributed by atoms with van der Waals surface area (Å²) in [5.41, 5.74) is 1.62. The second-order valence-electron chi connectivity index (χ2n) is 5.65. The van der Waals surface area contributed by atoms with E-state index < -0.39 is 0 Å². The maximum absolute atomic E-state index is 5.29. The van der Waals surface area contributed by atoms with Gasteiger partial charge in [0.2, 0.25) is 0 Å².